The summed E-state index contributed by atoms with van der Waals surface area (Å²) in [5, 5.41) is 8.19. The predicted molar refractivity (Wildman–Crippen MR) is 80.9 cm³/mol. The lowest BCUT2D eigenvalue weighted by Crippen LogP contribution is -2.44. The molecule has 0 radical (unpaired) electrons. The van der Waals surface area contributed by atoms with E-state index >= 15 is 0 Å². The Bertz CT molecular complexity index is 392. The fourth-order valence-electron chi connectivity index (χ4n) is 1.89. The van der Waals surface area contributed by atoms with Gasteiger partial charge < -0.3 is 5.32 Å². The fraction of sp³-hybridized carbons (Fsp3) is 0.615. The van der Waals surface area contributed by atoms with Crippen LogP contribution in [0.5, 0.6) is 0 Å². The van der Waals surface area contributed by atoms with Crippen molar-refractivity contribution in [3.8, 4) is 0 Å². The monoisotopic (exact) mass is 332 g/mol. The molecule has 1 aromatic heterocycles. The highest BCUT2D eigenvalue weighted by atomic mass is 79.9. The molecule has 3 nitrogen and oxygen atoms in total. The number of rotatable bonds is 6. The number of hydrogen-bond donors (Lipinski definition) is 2. The van der Waals surface area contributed by atoms with Crippen LogP contribution in [0.4, 0.5) is 0 Å². The van der Waals surface area contributed by atoms with Crippen molar-refractivity contribution < 1.29 is 4.79 Å². The molecular weight excluding hydrogens is 312 g/mol. The quantitative estimate of drug-likeness (QED) is 0.838. The smallest absolute Gasteiger partial charge is 0.236 e. The Morgan fingerprint density at radius 1 is 1.44 bits per heavy atom. The molecular formula is C13H21BrN2OS. The summed E-state index contributed by atoms with van der Waals surface area (Å²) in [5.41, 5.74) is 0. The predicted octanol–water partition coefficient (Wildman–Crippen LogP) is 3.32. The molecule has 2 N–H and O–H groups in total. The molecule has 1 amide bonds. The first-order valence-corrected chi connectivity index (χ1v) is 7.83. The van der Waals surface area contributed by atoms with Crippen LogP contribution in [0.15, 0.2) is 15.9 Å². The summed E-state index contributed by atoms with van der Waals surface area (Å²) in [4.78, 5) is 13.1. The van der Waals surface area contributed by atoms with Gasteiger partial charge in [-0.15, -0.1) is 11.3 Å². The van der Waals surface area contributed by atoms with Gasteiger partial charge in [0.05, 0.1) is 6.04 Å². The maximum Gasteiger partial charge on any atom is 0.236 e. The first-order chi connectivity index (χ1) is 8.45. The van der Waals surface area contributed by atoms with Gasteiger partial charge in [-0.05, 0) is 46.6 Å². The van der Waals surface area contributed by atoms with Crippen LogP contribution in [0.3, 0.4) is 0 Å². The minimum atomic E-state index is -0.140. The van der Waals surface area contributed by atoms with E-state index in [4.69, 9.17) is 0 Å². The molecule has 0 aliphatic carbocycles. The third-order valence-corrected chi connectivity index (χ3v) is 4.81. The van der Waals surface area contributed by atoms with Crippen molar-refractivity contribution in [3.05, 3.63) is 20.8 Å². The van der Waals surface area contributed by atoms with Crippen molar-refractivity contribution in [1.82, 2.24) is 10.6 Å². The van der Waals surface area contributed by atoms with E-state index in [9.17, 15) is 4.79 Å². The van der Waals surface area contributed by atoms with E-state index in [-0.39, 0.29) is 18.0 Å². The van der Waals surface area contributed by atoms with Crippen LogP contribution in [-0.4, -0.2) is 19.0 Å². The summed E-state index contributed by atoms with van der Waals surface area (Å²) in [6.45, 7) is 6.35. The van der Waals surface area contributed by atoms with Gasteiger partial charge in [0.25, 0.3) is 0 Å². The molecule has 0 saturated heterocycles. The molecule has 0 aromatic carbocycles. The molecule has 1 heterocycles. The fourth-order valence-corrected chi connectivity index (χ4v) is 3.62. The molecule has 0 aliphatic heterocycles. The lowest BCUT2D eigenvalue weighted by molar-refractivity contribution is -0.123. The largest absolute Gasteiger partial charge is 0.358 e. The summed E-state index contributed by atoms with van der Waals surface area (Å²) in [5.74, 6) is 0.544. The Morgan fingerprint density at radius 2 is 2.11 bits per heavy atom. The van der Waals surface area contributed by atoms with Crippen LogP contribution in [0.2, 0.25) is 0 Å². The Hall–Kier alpha value is -0.390. The van der Waals surface area contributed by atoms with Crippen LogP contribution in [0, 0.1) is 5.92 Å². The second-order valence-electron chi connectivity index (χ2n) is 4.82. The van der Waals surface area contributed by atoms with E-state index in [1.165, 1.54) is 4.88 Å². The van der Waals surface area contributed by atoms with Crippen LogP contribution in [-0.2, 0) is 4.79 Å². The Kier molecular flexibility index (Phi) is 6.32. The van der Waals surface area contributed by atoms with Crippen LogP contribution < -0.4 is 10.6 Å². The average Bonchev–Trinajstić information content (AvgIpc) is 2.73. The molecule has 1 rings (SSSR count). The molecule has 2 unspecified atom stereocenters. The molecule has 0 saturated carbocycles. The highest BCUT2D eigenvalue weighted by Gasteiger charge is 2.22. The summed E-state index contributed by atoms with van der Waals surface area (Å²) in [7, 11) is 1.68. The van der Waals surface area contributed by atoms with Gasteiger partial charge in [0, 0.05) is 22.4 Å². The highest BCUT2D eigenvalue weighted by molar-refractivity contribution is 9.10. The number of carbonyl (C=O) groups excluding carboxylic acids is 1. The van der Waals surface area contributed by atoms with Crippen LogP contribution in [0.25, 0.3) is 0 Å². The van der Waals surface area contributed by atoms with Gasteiger partial charge in [0.2, 0.25) is 5.91 Å². The van der Waals surface area contributed by atoms with Crippen molar-refractivity contribution in [1.29, 1.82) is 0 Å². The van der Waals surface area contributed by atoms with E-state index in [1.54, 1.807) is 18.4 Å². The number of amides is 1. The van der Waals surface area contributed by atoms with Crippen molar-refractivity contribution in [2.24, 2.45) is 5.92 Å². The average molecular weight is 333 g/mol. The molecule has 0 aliphatic rings. The second kappa shape index (κ2) is 7.26. The lowest BCUT2D eigenvalue weighted by atomic mass is 10.0. The number of nitrogens with one attached hydrogen (secondary N) is 2. The normalized spacial score (nSPS) is 14.6. The van der Waals surface area contributed by atoms with E-state index in [0.29, 0.717) is 5.92 Å². The standard InChI is InChI=1S/C13H21BrN2OS/c1-8(2)7-11(13(17)15-4)16-9(3)12-10(14)5-6-18-12/h5-6,8-9,11,16H,7H2,1-4H3,(H,15,17). The van der Waals surface area contributed by atoms with E-state index in [2.05, 4.69) is 52.7 Å². The zero-order valence-electron chi connectivity index (χ0n) is 11.3. The molecule has 0 spiro atoms. The lowest BCUT2D eigenvalue weighted by Gasteiger charge is -2.23. The van der Waals surface area contributed by atoms with Gasteiger partial charge in [-0.25, -0.2) is 0 Å². The zero-order chi connectivity index (χ0) is 13.7. The van der Waals surface area contributed by atoms with Crippen molar-refractivity contribution in [2.45, 2.75) is 39.3 Å². The first-order valence-electron chi connectivity index (χ1n) is 6.16. The molecule has 1 aromatic rings. The summed E-state index contributed by atoms with van der Waals surface area (Å²) >= 11 is 5.23. The van der Waals surface area contributed by atoms with E-state index in [0.717, 1.165) is 10.9 Å². The maximum atomic E-state index is 11.9. The number of likely N-dealkylation sites (N-methyl/N-ethyl adjacent to an activating group) is 1. The second-order valence-corrected chi connectivity index (χ2v) is 6.62. The first kappa shape index (κ1) is 15.7. The zero-order valence-corrected chi connectivity index (χ0v) is 13.7. The van der Waals surface area contributed by atoms with Gasteiger partial charge in [0.15, 0.2) is 0 Å². The number of carbonyl (C=O) groups is 1. The molecule has 5 heteroatoms. The summed E-state index contributed by atoms with van der Waals surface area (Å²) < 4.78 is 1.10. The number of thiophene rings is 1. The molecule has 102 valence electrons. The number of halogens is 1. The third kappa shape index (κ3) is 4.37. The Labute approximate surface area is 121 Å². The number of hydrogen-bond acceptors (Lipinski definition) is 3. The minimum Gasteiger partial charge on any atom is -0.358 e. The van der Waals surface area contributed by atoms with Crippen molar-refractivity contribution in [3.63, 3.8) is 0 Å². The topological polar surface area (TPSA) is 41.1 Å². The van der Waals surface area contributed by atoms with Gasteiger partial charge in [-0.3, -0.25) is 10.1 Å². The third-order valence-electron chi connectivity index (χ3n) is 2.76. The Balaban J connectivity index is 2.71. The van der Waals surface area contributed by atoms with E-state index in [1.807, 2.05) is 6.07 Å². The highest BCUT2D eigenvalue weighted by Crippen LogP contribution is 2.29. The molecule has 2 atom stereocenters. The van der Waals surface area contributed by atoms with Gasteiger partial charge in [-0.2, -0.15) is 0 Å². The summed E-state index contributed by atoms with van der Waals surface area (Å²) in [6, 6.07) is 2.06. The van der Waals surface area contributed by atoms with Crippen LogP contribution in [0.1, 0.15) is 38.1 Å². The summed E-state index contributed by atoms with van der Waals surface area (Å²) in [6.07, 6.45) is 0.840. The SMILES string of the molecule is CNC(=O)C(CC(C)C)NC(C)c1sccc1Br. The Morgan fingerprint density at radius 3 is 2.56 bits per heavy atom. The van der Waals surface area contributed by atoms with Crippen LogP contribution >= 0.6 is 27.3 Å². The van der Waals surface area contributed by atoms with Gasteiger partial charge >= 0.3 is 0 Å². The van der Waals surface area contributed by atoms with Gasteiger partial charge in [-0.1, -0.05) is 13.8 Å². The van der Waals surface area contributed by atoms with Gasteiger partial charge in [0.1, 0.15) is 0 Å². The van der Waals surface area contributed by atoms with Crippen molar-refractivity contribution >= 4 is 33.2 Å². The molecule has 0 bridgehead atoms. The maximum absolute atomic E-state index is 11.9. The van der Waals surface area contributed by atoms with Crippen molar-refractivity contribution in [2.75, 3.05) is 7.05 Å². The molecule has 18 heavy (non-hydrogen) atoms. The van der Waals surface area contributed by atoms with E-state index < -0.39 is 0 Å². The molecule has 0 fully saturated rings. The minimum absolute atomic E-state index is 0.0585.